The minimum absolute atomic E-state index is 0.293. The van der Waals surface area contributed by atoms with Crippen molar-refractivity contribution in [2.45, 2.75) is 44.1 Å². The summed E-state index contributed by atoms with van der Waals surface area (Å²) in [7, 11) is 0. The summed E-state index contributed by atoms with van der Waals surface area (Å²) >= 11 is 1.84. The van der Waals surface area contributed by atoms with Crippen molar-refractivity contribution in [1.29, 1.82) is 0 Å². The molecule has 0 saturated carbocycles. The topological polar surface area (TPSA) is 61.5 Å². The summed E-state index contributed by atoms with van der Waals surface area (Å²) in [5.41, 5.74) is 5.70. The van der Waals surface area contributed by atoms with Crippen LogP contribution in [0.1, 0.15) is 26.7 Å². The highest BCUT2D eigenvalue weighted by Gasteiger charge is 2.25. The molecule has 1 heterocycles. The standard InChI is InChI=1S/C11H21NO3S/c1-3-14-11(13)9(12)5-7-16-10-4-6-15-8(10)2/h8-10H,3-7,12H2,1-2H3. The first-order valence-electron chi connectivity index (χ1n) is 5.80. The number of rotatable bonds is 6. The normalized spacial score (nSPS) is 26.7. The highest BCUT2D eigenvalue weighted by Crippen LogP contribution is 2.26. The third kappa shape index (κ3) is 4.31. The van der Waals surface area contributed by atoms with Gasteiger partial charge in [0.25, 0.3) is 0 Å². The summed E-state index contributed by atoms with van der Waals surface area (Å²) in [4.78, 5) is 11.3. The van der Waals surface area contributed by atoms with Gasteiger partial charge in [-0.25, -0.2) is 0 Å². The summed E-state index contributed by atoms with van der Waals surface area (Å²) in [6.07, 6.45) is 2.09. The predicted octanol–water partition coefficient (Wildman–Crippen LogP) is 1.18. The van der Waals surface area contributed by atoms with Gasteiger partial charge in [-0.15, -0.1) is 0 Å². The van der Waals surface area contributed by atoms with Gasteiger partial charge in [0.2, 0.25) is 0 Å². The van der Waals surface area contributed by atoms with Gasteiger partial charge in [-0.2, -0.15) is 11.8 Å². The van der Waals surface area contributed by atoms with Crippen molar-refractivity contribution in [3.63, 3.8) is 0 Å². The molecule has 0 bridgehead atoms. The molecule has 0 aromatic rings. The molecule has 0 aromatic heterocycles. The molecule has 2 N–H and O–H groups in total. The fourth-order valence-electron chi connectivity index (χ4n) is 1.64. The maximum absolute atomic E-state index is 11.3. The van der Waals surface area contributed by atoms with E-state index in [0.717, 1.165) is 18.8 Å². The summed E-state index contributed by atoms with van der Waals surface area (Å²) in [5.74, 6) is 0.594. The lowest BCUT2D eigenvalue weighted by molar-refractivity contribution is -0.144. The number of hydrogen-bond donors (Lipinski definition) is 1. The van der Waals surface area contributed by atoms with E-state index < -0.39 is 6.04 Å². The third-order valence-corrected chi connectivity index (χ3v) is 4.18. The molecule has 4 nitrogen and oxygen atoms in total. The Kier molecular flexibility index (Phi) is 6.16. The Hall–Kier alpha value is -0.260. The molecule has 1 aliphatic heterocycles. The second-order valence-corrected chi connectivity index (χ2v) is 5.27. The molecule has 1 rings (SSSR count). The van der Waals surface area contributed by atoms with Crippen LogP contribution < -0.4 is 5.73 Å². The van der Waals surface area contributed by atoms with Crippen LogP contribution in [0, 0.1) is 0 Å². The van der Waals surface area contributed by atoms with Gasteiger partial charge >= 0.3 is 5.97 Å². The quantitative estimate of drug-likeness (QED) is 0.714. The number of carbonyl (C=O) groups is 1. The minimum Gasteiger partial charge on any atom is -0.465 e. The maximum Gasteiger partial charge on any atom is 0.322 e. The van der Waals surface area contributed by atoms with Crippen LogP contribution in [0.5, 0.6) is 0 Å². The Morgan fingerprint density at radius 3 is 3.00 bits per heavy atom. The molecular weight excluding hydrogens is 226 g/mol. The van der Waals surface area contributed by atoms with Gasteiger partial charge in [0, 0.05) is 11.9 Å². The van der Waals surface area contributed by atoms with Crippen molar-refractivity contribution in [2.75, 3.05) is 19.0 Å². The van der Waals surface area contributed by atoms with Gasteiger partial charge < -0.3 is 15.2 Å². The Morgan fingerprint density at radius 2 is 2.44 bits per heavy atom. The zero-order valence-electron chi connectivity index (χ0n) is 9.98. The van der Waals surface area contributed by atoms with E-state index in [9.17, 15) is 4.79 Å². The van der Waals surface area contributed by atoms with Crippen LogP contribution in [-0.2, 0) is 14.3 Å². The largest absolute Gasteiger partial charge is 0.465 e. The number of carbonyl (C=O) groups excluding carboxylic acids is 1. The minimum atomic E-state index is -0.481. The second kappa shape index (κ2) is 7.14. The van der Waals surface area contributed by atoms with Gasteiger partial charge in [-0.1, -0.05) is 0 Å². The molecule has 1 saturated heterocycles. The molecule has 5 heteroatoms. The van der Waals surface area contributed by atoms with Crippen molar-refractivity contribution in [2.24, 2.45) is 5.73 Å². The van der Waals surface area contributed by atoms with Crippen LogP contribution in [0.3, 0.4) is 0 Å². The lowest BCUT2D eigenvalue weighted by Crippen LogP contribution is -2.33. The maximum atomic E-state index is 11.3. The van der Waals surface area contributed by atoms with Crippen LogP contribution in [-0.4, -0.2) is 42.3 Å². The third-order valence-electron chi connectivity index (χ3n) is 2.66. The van der Waals surface area contributed by atoms with E-state index in [1.165, 1.54) is 0 Å². The number of hydrogen-bond acceptors (Lipinski definition) is 5. The van der Waals surface area contributed by atoms with E-state index in [1.54, 1.807) is 6.92 Å². The first kappa shape index (κ1) is 13.8. The van der Waals surface area contributed by atoms with E-state index in [4.69, 9.17) is 15.2 Å². The smallest absolute Gasteiger partial charge is 0.322 e. The van der Waals surface area contributed by atoms with Crippen LogP contribution in [0.2, 0.25) is 0 Å². The Labute approximate surface area is 101 Å². The fraction of sp³-hybridized carbons (Fsp3) is 0.909. The van der Waals surface area contributed by atoms with Gasteiger partial charge in [0.05, 0.1) is 12.7 Å². The van der Waals surface area contributed by atoms with Crippen LogP contribution >= 0.6 is 11.8 Å². The zero-order chi connectivity index (χ0) is 12.0. The Morgan fingerprint density at radius 1 is 1.69 bits per heavy atom. The molecule has 3 unspecified atom stereocenters. The first-order valence-corrected chi connectivity index (χ1v) is 6.85. The molecule has 0 aliphatic carbocycles. The lowest BCUT2D eigenvalue weighted by Gasteiger charge is -2.15. The Balaban J connectivity index is 2.12. The molecule has 0 spiro atoms. The molecule has 0 aromatic carbocycles. The SMILES string of the molecule is CCOC(=O)C(N)CCSC1CCOC1C. The van der Waals surface area contributed by atoms with Gasteiger partial charge in [-0.3, -0.25) is 4.79 Å². The lowest BCUT2D eigenvalue weighted by atomic mass is 10.2. The predicted molar refractivity (Wildman–Crippen MR) is 65.5 cm³/mol. The second-order valence-electron chi connectivity index (χ2n) is 3.92. The van der Waals surface area contributed by atoms with Crippen molar-refractivity contribution in [3.8, 4) is 0 Å². The van der Waals surface area contributed by atoms with Gasteiger partial charge in [0.15, 0.2) is 0 Å². The molecule has 1 fully saturated rings. The van der Waals surface area contributed by atoms with E-state index in [-0.39, 0.29) is 5.97 Å². The molecular formula is C11H21NO3S. The number of nitrogens with two attached hydrogens (primary N) is 1. The van der Waals surface area contributed by atoms with E-state index in [1.807, 2.05) is 11.8 Å². The monoisotopic (exact) mass is 247 g/mol. The van der Waals surface area contributed by atoms with Crippen molar-refractivity contribution in [3.05, 3.63) is 0 Å². The fourth-order valence-corrected chi connectivity index (χ4v) is 2.95. The van der Waals surface area contributed by atoms with Crippen molar-refractivity contribution in [1.82, 2.24) is 0 Å². The number of ether oxygens (including phenoxy) is 2. The molecule has 1 aliphatic rings. The van der Waals surface area contributed by atoms with Crippen LogP contribution in [0.15, 0.2) is 0 Å². The first-order chi connectivity index (χ1) is 7.65. The van der Waals surface area contributed by atoms with Gasteiger partial charge in [-0.05, 0) is 32.4 Å². The van der Waals surface area contributed by atoms with Crippen molar-refractivity contribution >= 4 is 17.7 Å². The molecule has 0 amide bonds. The average Bonchev–Trinajstić information content (AvgIpc) is 2.65. The molecule has 0 radical (unpaired) electrons. The molecule has 94 valence electrons. The molecule has 16 heavy (non-hydrogen) atoms. The average molecular weight is 247 g/mol. The van der Waals surface area contributed by atoms with Crippen LogP contribution in [0.25, 0.3) is 0 Å². The summed E-state index contributed by atoms with van der Waals surface area (Å²) < 4.78 is 10.3. The highest BCUT2D eigenvalue weighted by atomic mass is 32.2. The Bertz CT molecular complexity index is 225. The number of thioether (sulfide) groups is 1. The highest BCUT2D eigenvalue weighted by molar-refractivity contribution is 7.99. The van der Waals surface area contributed by atoms with Crippen LogP contribution in [0.4, 0.5) is 0 Å². The van der Waals surface area contributed by atoms with E-state index in [2.05, 4.69) is 6.92 Å². The number of esters is 1. The van der Waals surface area contributed by atoms with Gasteiger partial charge in [0.1, 0.15) is 6.04 Å². The molecule has 3 atom stereocenters. The van der Waals surface area contributed by atoms with E-state index >= 15 is 0 Å². The van der Waals surface area contributed by atoms with E-state index in [0.29, 0.717) is 24.4 Å². The summed E-state index contributed by atoms with van der Waals surface area (Å²) in [6.45, 7) is 5.13. The summed E-state index contributed by atoms with van der Waals surface area (Å²) in [5, 5.41) is 0.550. The van der Waals surface area contributed by atoms with Crippen molar-refractivity contribution < 1.29 is 14.3 Å². The summed E-state index contributed by atoms with van der Waals surface area (Å²) in [6, 6.07) is -0.481. The zero-order valence-corrected chi connectivity index (χ0v) is 10.8.